The third kappa shape index (κ3) is 4.52. The van der Waals surface area contributed by atoms with E-state index < -0.39 is 0 Å². The summed E-state index contributed by atoms with van der Waals surface area (Å²) in [6.45, 7) is 10.1. The molecule has 1 fully saturated rings. The molecule has 0 radical (unpaired) electrons. The molecule has 2 unspecified atom stereocenters. The number of nitrogens with zero attached hydrogens (tertiary/aromatic N) is 1. The summed E-state index contributed by atoms with van der Waals surface area (Å²) in [5, 5.41) is 13.5. The van der Waals surface area contributed by atoms with Crippen LogP contribution < -0.4 is 5.32 Å². The van der Waals surface area contributed by atoms with Crippen molar-refractivity contribution in [3.05, 3.63) is 0 Å². The lowest BCUT2D eigenvalue weighted by Crippen LogP contribution is -2.58. The van der Waals surface area contributed by atoms with Crippen LogP contribution in [0.5, 0.6) is 0 Å². The molecule has 3 heteroatoms. The van der Waals surface area contributed by atoms with Crippen LogP contribution in [-0.4, -0.2) is 48.8 Å². The molecule has 0 saturated heterocycles. The van der Waals surface area contributed by atoms with E-state index in [2.05, 4.69) is 38.0 Å². The highest BCUT2D eigenvalue weighted by Crippen LogP contribution is 2.40. The lowest BCUT2D eigenvalue weighted by molar-refractivity contribution is 0.0954. The summed E-state index contributed by atoms with van der Waals surface area (Å²) >= 11 is 0. The first-order chi connectivity index (χ1) is 8.57. The monoisotopic (exact) mass is 256 g/mol. The second kappa shape index (κ2) is 7.46. The largest absolute Gasteiger partial charge is 0.394 e. The lowest BCUT2D eigenvalue weighted by atomic mass is 9.92. The Morgan fingerprint density at radius 1 is 1.39 bits per heavy atom. The van der Waals surface area contributed by atoms with Crippen molar-refractivity contribution in [2.45, 2.75) is 52.0 Å². The summed E-state index contributed by atoms with van der Waals surface area (Å²) in [7, 11) is 2.19. The molecule has 1 saturated carbocycles. The Morgan fingerprint density at radius 2 is 2.06 bits per heavy atom. The summed E-state index contributed by atoms with van der Waals surface area (Å²) in [4.78, 5) is 2.39. The van der Waals surface area contributed by atoms with Crippen LogP contribution in [0.15, 0.2) is 0 Å². The van der Waals surface area contributed by atoms with Crippen molar-refractivity contribution < 1.29 is 5.11 Å². The molecule has 0 aromatic carbocycles. The average molecular weight is 256 g/mol. The fraction of sp³-hybridized carbons (Fsp3) is 1.00. The van der Waals surface area contributed by atoms with Crippen LogP contribution in [0.1, 0.15) is 46.5 Å². The Balaban J connectivity index is 2.54. The van der Waals surface area contributed by atoms with Crippen molar-refractivity contribution in [2.24, 2.45) is 11.8 Å². The Morgan fingerprint density at radius 3 is 2.50 bits per heavy atom. The molecule has 0 aliphatic heterocycles. The van der Waals surface area contributed by atoms with E-state index in [1.165, 1.54) is 19.3 Å². The van der Waals surface area contributed by atoms with Gasteiger partial charge in [0, 0.05) is 13.1 Å². The van der Waals surface area contributed by atoms with Crippen LogP contribution in [0.2, 0.25) is 0 Å². The third-order valence-corrected chi connectivity index (χ3v) is 4.24. The number of hydrogen-bond donors (Lipinski definition) is 2. The molecule has 2 atom stereocenters. The number of nitrogens with one attached hydrogen (secondary N) is 1. The summed E-state index contributed by atoms with van der Waals surface area (Å²) < 4.78 is 0. The van der Waals surface area contributed by atoms with Gasteiger partial charge in [-0.2, -0.15) is 0 Å². The molecule has 3 nitrogen and oxygen atoms in total. The SMILES string of the molecule is CCCNC(CO)(CN(C)CC(C)CC)C1CC1. The molecule has 0 aromatic rings. The maximum atomic E-state index is 9.86. The Kier molecular flexibility index (Phi) is 6.61. The molecule has 18 heavy (non-hydrogen) atoms. The fourth-order valence-electron chi connectivity index (χ4n) is 2.78. The van der Waals surface area contributed by atoms with Crippen LogP contribution in [0.3, 0.4) is 0 Å². The molecule has 0 aromatic heterocycles. The first-order valence-corrected chi connectivity index (χ1v) is 7.62. The lowest BCUT2D eigenvalue weighted by Gasteiger charge is -2.38. The highest BCUT2D eigenvalue weighted by molar-refractivity contribution is 5.02. The van der Waals surface area contributed by atoms with Gasteiger partial charge in [-0.05, 0) is 44.7 Å². The standard InChI is InChI=1S/C15H32N2O/c1-5-9-16-15(12-18,14-7-8-14)11-17(4)10-13(3)6-2/h13-14,16,18H,5-12H2,1-4H3. The predicted octanol–water partition coefficient (Wildman–Crippen LogP) is 2.10. The summed E-state index contributed by atoms with van der Waals surface area (Å²) in [6, 6.07) is 0. The summed E-state index contributed by atoms with van der Waals surface area (Å²) in [6.07, 6.45) is 4.90. The predicted molar refractivity (Wildman–Crippen MR) is 77.8 cm³/mol. The molecule has 0 amide bonds. The van der Waals surface area contributed by atoms with Crippen molar-refractivity contribution in [3.63, 3.8) is 0 Å². The Hall–Kier alpha value is -0.120. The molecule has 108 valence electrons. The van der Waals surface area contributed by atoms with Gasteiger partial charge in [-0.15, -0.1) is 0 Å². The van der Waals surface area contributed by atoms with Gasteiger partial charge in [0.1, 0.15) is 0 Å². The van der Waals surface area contributed by atoms with E-state index in [4.69, 9.17) is 0 Å². The highest BCUT2D eigenvalue weighted by atomic mass is 16.3. The van der Waals surface area contributed by atoms with Gasteiger partial charge in [0.2, 0.25) is 0 Å². The van der Waals surface area contributed by atoms with E-state index in [-0.39, 0.29) is 12.1 Å². The zero-order valence-corrected chi connectivity index (χ0v) is 12.7. The zero-order valence-electron chi connectivity index (χ0n) is 12.7. The number of aliphatic hydroxyl groups excluding tert-OH is 1. The van der Waals surface area contributed by atoms with E-state index in [1.54, 1.807) is 0 Å². The molecule has 0 bridgehead atoms. The van der Waals surface area contributed by atoms with E-state index in [0.29, 0.717) is 5.92 Å². The van der Waals surface area contributed by atoms with Gasteiger partial charge >= 0.3 is 0 Å². The van der Waals surface area contributed by atoms with Crippen LogP contribution >= 0.6 is 0 Å². The van der Waals surface area contributed by atoms with E-state index in [0.717, 1.165) is 32.0 Å². The number of hydrogen-bond acceptors (Lipinski definition) is 3. The minimum Gasteiger partial charge on any atom is -0.394 e. The Bertz CT molecular complexity index is 231. The number of aliphatic hydroxyl groups is 1. The number of likely N-dealkylation sites (N-methyl/N-ethyl adjacent to an activating group) is 1. The molecular formula is C15H32N2O. The van der Waals surface area contributed by atoms with E-state index >= 15 is 0 Å². The maximum Gasteiger partial charge on any atom is 0.0628 e. The molecule has 2 N–H and O–H groups in total. The van der Waals surface area contributed by atoms with Crippen molar-refractivity contribution in [3.8, 4) is 0 Å². The Labute approximate surface area is 113 Å². The van der Waals surface area contributed by atoms with Crippen LogP contribution in [0.4, 0.5) is 0 Å². The van der Waals surface area contributed by atoms with Gasteiger partial charge in [0.15, 0.2) is 0 Å². The van der Waals surface area contributed by atoms with Gasteiger partial charge in [0.05, 0.1) is 12.1 Å². The minimum absolute atomic E-state index is 0.0573. The molecule has 0 spiro atoms. The molecule has 1 rings (SSSR count). The van der Waals surface area contributed by atoms with Crippen molar-refractivity contribution >= 4 is 0 Å². The molecule has 0 heterocycles. The zero-order chi connectivity index (χ0) is 13.6. The highest BCUT2D eigenvalue weighted by Gasteiger charge is 2.44. The number of rotatable bonds is 10. The van der Waals surface area contributed by atoms with Crippen molar-refractivity contribution in [1.82, 2.24) is 10.2 Å². The molecular weight excluding hydrogens is 224 g/mol. The van der Waals surface area contributed by atoms with Crippen LogP contribution in [-0.2, 0) is 0 Å². The molecule has 1 aliphatic rings. The first-order valence-electron chi connectivity index (χ1n) is 7.62. The molecule has 1 aliphatic carbocycles. The summed E-state index contributed by atoms with van der Waals surface area (Å²) in [5.41, 5.74) is -0.0573. The van der Waals surface area contributed by atoms with Crippen LogP contribution in [0.25, 0.3) is 0 Å². The van der Waals surface area contributed by atoms with Gasteiger partial charge in [-0.3, -0.25) is 0 Å². The van der Waals surface area contributed by atoms with E-state index in [1.807, 2.05) is 0 Å². The van der Waals surface area contributed by atoms with Gasteiger partial charge < -0.3 is 15.3 Å². The first kappa shape index (κ1) is 15.9. The van der Waals surface area contributed by atoms with Gasteiger partial charge in [0.25, 0.3) is 0 Å². The van der Waals surface area contributed by atoms with Crippen molar-refractivity contribution in [1.29, 1.82) is 0 Å². The van der Waals surface area contributed by atoms with Gasteiger partial charge in [-0.25, -0.2) is 0 Å². The maximum absolute atomic E-state index is 9.86. The smallest absolute Gasteiger partial charge is 0.0628 e. The third-order valence-electron chi connectivity index (χ3n) is 4.24. The normalized spacial score (nSPS) is 21.0. The second-order valence-electron chi connectivity index (χ2n) is 6.23. The van der Waals surface area contributed by atoms with E-state index in [9.17, 15) is 5.11 Å². The topological polar surface area (TPSA) is 35.5 Å². The fourth-order valence-corrected chi connectivity index (χ4v) is 2.78. The average Bonchev–Trinajstić information content (AvgIpc) is 3.18. The van der Waals surface area contributed by atoms with Crippen LogP contribution in [0, 0.1) is 11.8 Å². The summed E-state index contributed by atoms with van der Waals surface area (Å²) in [5.74, 6) is 1.41. The van der Waals surface area contributed by atoms with Crippen molar-refractivity contribution in [2.75, 3.05) is 33.3 Å². The second-order valence-corrected chi connectivity index (χ2v) is 6.23. The van der Waals surface area contributed by atoms with Gasteiger partial charge in [-0.1, -0.05) is 27.2 Å². The quantitative estimate of drug-likeness (QED) is 0.628. The minimum atomic E-state index is -0.0573.